The molecule has 124 valence electrons. The van der Waals surface area contributed by atoms with Crippen molar-refractivity contribution >= 4 is 5.91 Å². The summed E-state index contributed by atoms with van der Waals surface area (Å²) in [7, 11) is 0. The summed E-state index contributed by atoms with van der Waals surface area (Å²) in [5.41, 5.74) is 0.106. The number of nitrogens with zero attached hydrogens (tertiary/aromatic N) is 1. The molecule has 0 saturated carbocycles. The van der Waals surface area contributed by atoms with Gasteiger partial charge in [0.1, 0.15) is 11.8 Å². The van der Waals surface area contributed by atoms with Crippen molar-refractivity contribution in [2.75, 3.05) is 13.2 Å². The maximum atomic E-state index is 12.0. The Hall–Kier alpha value is -2.55. The minimum Gasteiger partial charge on any atom is -0.468 e. The first-order chi connectivity index (χ1) is 10.9. The van der Waals surface area contributed by atoms with Crippen LogP contribution in [0.2, 0.25) is 0 Å². The Bertz CT molecular complexity index is 626. The number of halogens is 3. The number of ether oxygens (including phenoxy) is 1. The van der Waals surface area contributed by atoms with Gasteiger partial charge in [-0.3, -0.25) is 4.79 Å². The molecule has 0 aliphatic rings. The molecule has 0 aliphatic heterocycles. The fraction of sp³-hybridized carbons (Fsp3) is 0.286. The molecule has 23 heavy (non-hydrogen) atoms. The Morgan fingerprint density at radius 1 is 1.39 bits per heavy atom. The van der Waals surface area contributed by atoms with Crippen LogP contribution in [0.25, 0.3) is 0 Å². The lowest BCUT2D eigenvalue weighted by molar-refractivity contribution is -0.154. The standard InChI is InChI=1S/C14H13F3N2O4/c15-14(16,17)8-23-12-4-3-9(6-18-12)13(21)19-10(7-20)11-2-1-5-22-11/h1-6,10,20H,7-8H2,(H,19,21). The molecule has 0 fully saturated rings. The van der Waals surface area contributed by atoms with Crippen LogP contribution in [0, 0.1) is 0 Å². The van der Waals surface area contributed by atoms with Gasteiger partial charge in [0.2, 0.25) is 5.88 Å². The highest BCUT2D eigenvalue weighted by atomic mass is 19.4. The number of rotatable bonds is 6. The summed E-state index contributed by atoms with van der Waals surface area (Å²) in [6.07, 6.45) is -1.98. The van der Waals surface area contributed by atoms with Crippen LogP contribution in [-0.4, -0.2) is 35.4 Å². The van der Waals surface area contributed by atoms with Gasteiger partial charge >= 0.3 is 6.18 Å². The van der Waals surface area contributed by atoms with E-state index in [2.05, 4.69) is 15.0 Å². The molecular weight excluding hydrogens is 317 g/mol. The van der Waals surface area contributed by atoms with Crippen molar-refractivity contribution in [1.29, 1.82) is 0 Å². The van der Waals surface area contributed by atoms with E-state index in [9.17, 15) is 23.1 Å². The molecule has 9 heteroatoms. The van der Waals surface area contributed by atoms with E-state index < -0.39 is 24.7 Å². The van der Waals surface area contributed by atoms with Crippen molar-refractivity contribution in [2.45, 2.75) is 12.2 Å². The van der Waals surface area contributed by atoms with E-state index in [4.69, 9.17) is 4.42 Å². The van der Waals surface area contributed by atoms with Crippen molar-refractivity contribution in [3.8, 4) is 5.88 Å². The Labute approximate surface area is 128 Å². The molecule has 0 saturated heterocycles. The number of amides is 1. The van der Waals surface area contributed by atoms with E-state index in [-0.39, 0.29) is 18.1 Å². The number of carbonyl (C=O) groups is 1. The highest BCUT2D eigenvalue weighted by Gasteiger charge is 2.28. The van der Waals surface area contributed by atoms with Crippen LogP contribution in [0.3, 0.4) is 0 Å². The zero-order valence-electron chi connectivity index (χ0n) is 11.7. The minimum atomic E-state index is -4.46. The summed E-state index contributed by atoms with van der Waals surface area (Å²) in [5.74, 6) is -0.433. The van der Waals surface area contributed by atoms with Gasteiger partial charge in [0, 0.05) is 12.3 Å². The lowest BCUT2D eigenvalue weighted by Gasteiger charge is -2.14. The molecule has 2 aromatic rings. The fourth-order valence-corrected chi connectivity index (χ4v) is 1.69. The lowest BCUT2D eigenvalue weighted by Crippen LogP contribution is -2.30. The first-order valence-electron chi connectivity index (χ1n) is 6.50. The van der Waals surface area contributed by atoms with Crippen molar-refractivity contribution in [3.63, 3.8) is 0 Å². The summed E-state index contributed by atoms with van der Waals surface area (Å²) in [5, 5.41) is 11.8. The smallest absolute Gasteiger partial charge is 0.422 e. The van der Waals surface area contributed by atoms with Gasteiger partial charge in [-0.05, 0) is 18.2 Å². The fourth-order valence-electron chi connectivity index (χ4n) is 1.69. The normalized spacial score (nSPS) is 12.7. The topological polar surface area (TPSA) is 84.6 Å². The number of pyridine rings is 1. The van der Waals surface area contributed by atoms with E-state index in [0.29, 0.717) is 5.76 Å². The van der Waals surface area contributed by atoms with Crippen molar-refractivity contribution < 1.29 is 32.2 Å². The van der Waals surface area contributed by atoms with Crippen LogP contribution in [0.1, 0.15) is 22.2 Å². The second-order valence-corrected chi connectivity index (χ2v) is 4.51. The number of hydrogen-bond acceptors (Lipinski definition) is 5. The predicted molar refractivity (Wildman–Crippen MR) is 71.8 cm³/mol. The first kappa shape index (κ1) is 16.8. The lowest BCUT2D eigenvalue weighted by atomic mass is 10.2. The van der Waals surface area contributed by atoms with Crippen LogP contribution in [0.15, 0.2) is 41.1 Å². The van der Waals surface area contributed by atoms with Gasteiger partial charge in [0.05, 0.1) is 18.4 Å². The van der Waals surface area contributed by atoms with Crippen molar-refractivity contribution in [1.82, 2.24) is 10.3 Å². The maximum Gasteiger partial charge on any atom is 0.422 e. The largest absolute Gasteiger partial charge is 0.468 e. The number of carbonyl (C=O) groups excluding carboxylic acids is 1. The molecule has 1 amide bonds. The average molecular weight is 330 g/mol. The van der Waals surface area contributed by atoms with Crippen LogP contribution >= 0.6 is 0 Å². The summed E-state index contributed by atoms with van der Waals surface area (Å²) in [6, 6.07) is 4.89. The zero-order valence-corrected chi connectivity index (χ0v) is 11.7. The summed E-state index contributed by atoms with van der Waals surface area (Å²) in [6.45, 7) is -1.84. The Kier molecular flexibility index (Phi) is 5.22. The molecule has 0 spiro atoms. The van der Waals surface area contributed by atoms with Crippen LogP contribution in [-0.2, 0) is 0 Å². The molecule has 2 aromatic heterocycles. The van der Waals surface area contributed by atoms with Gasteiger partial charge in [-0.25, -0.2) is 4.98 Å². The Morgan fingerprint density at radius 2 is 2.17 bits per heavy atom. The number of aliphatic hydroxyl groups excluding tert-OH is 1. The maximum absolute atomic E-state index is 12.0. The molecule has 0 radical (unpaired) electrons. The van der Waals surface area contributed by atoms with Gasteiger partial charge in [0.25, 0.3) is 5.91 Å². The van der Waals surface area contributed by atoms with Gasteiger partial charge in [-0.15, -0.1) is 0 Å². The second-order valence-electron chi connectivity index (χ2n) is 4.51. The second kappa shape index (κ2) is 7.14. The third-order valence-corrected chi connectivity index (χ3v) is 2.76. The zero-order chi connectivity index (χ0) is 16.9. The minimum absolute atomic E-state index is 0.106. The Balaban J connectivity index is 1.97. The van der Waals surface area contributed by atoms with E-state index in [1.165, 1.54) is 12.3 Å². The van der Waals surface area contributed by atoms with Gasteiger partial charge in [-0.1, -0.05) is 0 Å². The Morgan fingerprint density at radius 3 is 2.70 bits per heavy atom. The molecule has 1 unspecified atom stereocenters. The third-order valence-electron chi connectivity index (χ3n) is 2.76. The molecule has 2 N–H and O–H groups in total. The molecule has 1 atom stereocenters. The molecule has 2 rings (SSSR count). The van der Waals surface area contributed by atoms with Gasteiger partial charge in [-0.2, -0.15) is 13.2 Å². The van der Waals surface area contributed by atoms with Crippen molar-refractivity contribution in [3.05, 3.63) is 48.0 Å². The van der Waals surface area contributed by atoms with Gasteiger partial charge in [0.15, 0.2) is 6.61 Å². The van der Waals surface area contributed by atoms with Crippen LogP contribution < -0.4 is 10.1 Å². The monoisotopic (exact) mass is 330 g/mol. The van der Waals surface area contributed by atoms with Crippen molar-refractivity contribution in [2.24, 2.45) is 0 Å². The molecule has 0 bridgehead atoms. The SMILES string of the molecule is O=C(NC(CO)c1ccco1)c1ccc(OCC(F)(F)F)nc1. The number of hydrogen-bond donors (Lipinski definition) is 2. The quantitative estimate of drug-likeness (QED) is 0.847. The summed E-state index contributed by atoms with van der Waals surface area (Å²) >= 11 is 0. The molecule has 0 aromatic carbocycles. The van der Waals surface area contributed by atoms with E-state index in [1.54, 1.807) is 12.1 Å². The highest BCUT2D eigenvalue weighted by Crippen LogP contribution is 2.17. The molecule has 2 heterocycles. The summed E-state index contributed by atoms with van der Waals surface area (Å²) < 4.78 is 45.6. The number of aromatic nitrogens is 1. The first-order valence-corrected chi connectivity index (χ1v) is 6.50. The van der Waals surface area contributed by atoms with Crippen LogP contribution in [0.4, 0.5) is 13.2 Å². The molecule has 0 aliphatic carbocycles. The average Bonchev–Trinajstić information content (AvgIpc) is 3.04. The number of furan rings is 1. The highest BCUT2D eigenvalue weighted by molar-refractivity contribution is 5.94. The molecule has 6 nitrogen and oxygen atoms in total. The third kappa shape index (κ3) is 4.99. The van der Waals surface area contributed by atoms with Crippen LogP contribution in [0.5, 0.6) is 5.88 Å². The van der Waals surface area contributed by atoms with Gasteiger partial charge < -0.3 is 19.6 Å². The predicted octanol–water partition coefficient (Wildman–Crippen LogP) is 2.08. The van der Waals surface area contributed by atoms with E-state index >= 15 is 0 Å². The number of nitrogens with one attached hydrogen (secondary N) is 1. The van der Waals surface area contributed by atoms with E-state index in [1.807, 2.05) is 0 Å². The molecular formula is C14H13F3N2O4. The number of aliphatic hydroxyl groups is 1. The number of alkyl halides is 3. The van der Waals surface area contributed by atoms with E-state index in [0.717, 1.165) is 12.3 Å². The summed E-state index contributed by atoms with van der Waals surface area (Å²) in [4.78, 5) is 15.6.